The summed E-state index contributed by atoms with van der Waals surface area (Å²) in [5.74, 6) is 1.03. The van der Waals surface area contributed by atoms with E-state index in [4.69, 9.17) is 14.5 Å². The van der Waals surface area contributed by atoms with E-state index < -0.39 is 0 Å². The largest absolute Gasteiger partial charge is 0.495 e. The molecule has 0 saturated carbocycles. The Hall–Kier alpha value is -3.71. The zero-order valence-electron chi connectivity index (χ0n) is 18.0. The van der Waals surface area contributed by atoms with Crippen molar-refractivity contribution in [2.45, 2.75) is 13.5 Å². The second-order valence-corrected chi connectivity index (χ2v) is 8.13. The smallest absolute Gasteiger partial charge is 0.260 e. The van der Waals surface area contributed by atoms with Crippen molar-refractivity contribution >= 4 is 38.4 Å². The van der Waals surface area contributed by atoms with Crippen molar-refractivity contribution in [1.29, 1.82) is 0 Å². The number of Topliss-reactive ketones (excluding diaryl/α,β-unsaturated/α-hetero) is 1. The average Bonchev–Trinajstić information content (AvgIpc) is 3.27. The molecule has 7 heteroatoms. The number of anilines is 1. The molecular formula is C25H22N2O4S. The summed E-state index contributed by atoms with van der Waals surface area (Å²) >= 11 is 1.37. The van der Waals surface area contributed by atoms with Gasteiger partial charge in [0.2, 0.25) is 0 Å². The van der Waals surface area contributed by atoms with E-state index >= 15 is 0 Å². The van der Waals surface area contributed by atoms with Crippen LogP contribution >= 0.6 is 11.3 Å². The van der Waals surface area contributed by atoms with Crippen LogP contribution in [0.3, 0.4) is 0 Å². The fourth-order valence-electron chi connectivity index (χ4n) is 3.39. The first-order valence-electron chi connectivity index (χ1n) is 10.00. The maximum Gasteiger partial charge on any atom is 0.260 e. The fourth-order valence-corrected chi connectivity index (χ4v) is 4.46. The number of thiazole rings is 1. The number of nitrogens with zero attached hydrogens (tertiary/aromatic N) is 2. The molecule has 1 heterocycles. The van der Waals surface area contributed by atoms with Crippen molar-refractivity contribution in [1.82, 2.24) is 4.98 Å². The van der Waals surface area contributed by atoms with Crippen LogP contribution in [0, 0.1) is 0 Å². The second kappa shape index (κ2) is 9.20. The number of carbonyl (C=O) groups is 2. The maximum absolute atomic E-state index is 13.6. The number of hydrogen-bond acceptors (Lipinski definition) is 6. The third-order valence-corrected chi connectivity index (χ3v) is 6.19. The molecule has 4 aromatic rings. The molecule has 1 aromatic heterocycles. The molecule has 0 aliphatic heterocycles. The number of benzene rings is 3. The highest BCUT2D eigenvalue weighted by Gasteiger charge is 2.24. The number of fused-ring (bicyclic) bond motifs is 1. The predicted octanol–water partition coefficient (Wildman–Crippen LogP) is 5.36. The number of aromatic nitrogens is 1. The van der Waals surface area contributed by atoms with Crippen LogP contribution in [0.25, 0.3) is 10.2 Å². The van der Waals surface area contributed by atoms with Crippen molar-refractivity contribution in [3.8, 4) is 11.5 Å². The first-order chi connectivity index (χ1) is 15.5. The summed E-state index contributed by atoms with van der Waals surface area (Å²) < 4.78 is 11.8. The van der Waals surface area contributed by atoms with Crippen molar-refractivity contribution in [3.63, 3.8) is 0 Å². The van der Waals surface area contributed by atoms with Gasteiger partial charge in [-0.2, -0.15) is 0 Å². The molecule has 162 valence electrons. The molecule has 0 aliphatic carbocycles. The topological polar surface area (TPSA) is 68.7 Å². The van der Waals surface area contributed by atoms with E-state index in [2.05, 4.69) is 0 Å². The molecule has 3 aromatic carbocycles. The molecule has 0 spiro atoms. The van der Waals surface area contributed by atoms with E-state index in [1.807, 2.05) is 36.4 Å². The minimum atomic E-state index is -0.207. The number of amides is 1. The normalized spacial score (nSPS) is 10.7. The SMILES string of the molecule is COc1ccc(OC)c2sc(N(Cc3ccccc3)C(=O)c3ccc(C(C)=O)cc3)nc12. The summed E-state index contributed by atoms with van der Waals surface area (Å²) in [6, 6.07) is 20.0. The Balaban J connectivity index is 1.80. The lowest BCUT2D eigenvalue weighted by Crippen LogP contribution is -2.30. The summed E-state index contributed by atoms with van der Waals surface area (Å²) in [5, 5.41) is 0.535. The fraction of sp³-hybridized carbons (Fsp3) is 0.160. The Morgan fingerprint density at radius 2 is 1.50 bits per heavy atom. The molecular weight excluding hydrogens is 424 g/mol. The summed E-state index contributed by atoms with van der Waals surface area (Å²) in [6.45, 7) is 1.85. The minimum Gasteiger partial charge on any atom is -0.495 e. The molecule has 1 amide bonds. The zero-order valence-corrected chi connectivity index (χ0v) is 18.8. The third kappa shape index (κ3) is 4.20. The highest BCUT2D eigenvalue weighted by molar-refractivity contribution is 7.22. The van der Waals surface area contributed by atoms with E-state index in [1.54, 1.807) is 49.5 Å². The van der Waals surface area contributed by atoms with Crippen molar-refractivity contribution in [2.75, 3.05) is 19.1 Å². The van der Waals surface area contributed by atoms with E-state index in [1.165, 1.54) is 18.3 Å². The Labute approximate surface area is 190 Å². The van der Waals surface area contributed by atoms with E-state index in [-0.39, 0.29) is 11.7 Å². The van der Waals surface area contributed by atoms with Gasteiger partial charge in [-0.05, 0) is 36.8 Å². The predicted molar refractivity (Wildman–Crippen MR) is 126 cm³/mol. The number of hydrogen-bond donors (Lipinski definition) is 0. The lowest BCUT2D eigenvalue weighted by molar-refractivity contribution is 0.0981. The molecule has 0 radical (unpaired) electrons. The van der Waals surface area contributed by atoms with Crippen LogP contribution < -0.4 is 14.4 Å². The van der Waals surface area contributed by atoms with Gasteiger partial charge in [0.1, 0.15) is 21.7 Å². The van der Waals surface area contributed by atoms with Gasteiger partial charge >= 0.3 is 0 Å². The quantitative estimate of drug-likeness (QED) is 0.357. The van der Waals surface area contributed by atoms with Gasteiger partial charge in [-0.3, -0.25) is 14.5 Å². The number of ether oxygens (including phenoxy) is 2. The van der Waals surface area contributed by atoms with E-state index in [9.17, 15) is 9.59 Å². The van der Waals surface area contributed by atoms with E-state index in [0.29, 0.717) is 39.8 Å². The van der Waals surface area contributed by atoms with Crippen LogP contribution in [-0.2, 0) is 6.54 Å². The van der Waals surface area contributed by atoms with Gasteiger partial charge < -0.3 is 9.47 Å². The molecule has 0 unspecified atom stereocenters. The summed E-state index contributed by atoms with van der Waals surface area (Å²) in [6.07, 6.45) is 0. The Morgan fingerprint density at radius 1 is 0.875 bits per heavy atom. The second-order valence-electron chi connectivity index (χ2n) is 7.15. The lowest BCUT2D eigenvalue weighted by Gasteiger charge is -2.20. The standard InChI is InChI=1S/C25H22N2O4S/c1-16(28)18-9-11-19(12-10-18)24(29)27(15-17-7-5-4-6-8-17)25-26-22-20(30-2)13-14-21(31-3)23(22)32-25/h4-14H,15H2,1-3H3. The van der Waals surface area contributed by atoms with Gasteiger partial charge in [-0.25, -0.2) is 4.98 Å². The van der Waals surface area contributed by atoms with Crippen LogP contribution in [0.15, 0.2) is 66.7 Å². The molecule has 0 fully saturated rings. The number of ketones is 1. The maximum atomic E-state index is 13.6. The van der Waals surface area contributed by atoms with Crippen molar-refractivity contribution in [3.05, 3.63) is 83.4 Å². The van der Waals surface area contributed by atoms with Gasteiger partial charge in [0.05, 0.1) is 20.8 Å². The van der Waals surface area contributed by atoms with Crippen LogP contribution in [0.2, 0.25) is 0 Å². The van der Waals surface area contributed by atoms with Crippen LogP contribution in [0.5, 0.6) is 11.5 Å². The molecule has 0 atom stereocenters. The molecule has 6 nitrogen and oxygen atoms in total. The monoisotopic (exact) mass is 446 g/mol. The Kier molecular flexibility index (Phi) is 6.18. The summed E-state index contributed by atoms with van der Waals surface area (Å²) in [7, 11) is 3.19. The van der Waals surface area contributed by atoms with E-state index in [0.717, 1.165) is 10.3 Å². The molecule has 4 rings (SSSR count). The van der Waals surface area contributed by atoms with Crippen molar-refractivity contribution in [2.24, 2.45) is 0 Å². The molecule has 0 aliphatic rings. The highest BCUT2D eigenvalue weighted by Crippen LogP contribution is 2.40. The summed E-state index contributed by atoms with van der Waals surface area (Å²) in [4.78, 5) is 31.6. The third-order valence-electron chi connectivity index (χ3n) is 5.10. The number of carbonyl (C=O) groups excluding carboxylic acids is 2. The van der Waals surface area contributed by atoms with Crippen LogP contribution in [0.1, 0.15) is 33.2 Å². The van der Waals surface area contributed by atoms with Gasteiger partial charge in [-0.1, -0.05) is 53.8 Å². The van der Waals surface area contributed by atoms with Gasteiger partial charge in [-0.15, -0.1) is 0 Å². The van der Waals surface area contributed by atoms with Crippen LogP contribution in [0.4, 0.5) is 5.13 Å². The average molecular weight is 447 g/mol. The van der Waals surface area contributed by atoms with Crippen molar-refractivity contribution < 1.29 is 19.1 Å². The zero-order chi connectivity index (χ0) is 22.7. The van der Waals surface area contributed by atoms with Gasteiger partial charge in [0.25, 0.3) is 5.91 Å². The van der Waals surface area contributed by atoms with Gasteiger partial charge in [0.15, 0.2) is 10.9 Å². The first kappa shape index (κ1) is 21.5. The molecule has 0 N–H and O–H groups in total. The lowest BCUT2D eigenvalue weighted by atomic mass is 10.1. The minimum absolute atomic E-state index is 0.0458. The van der Waals surface area contributed by atoms with Crippen LogP contribution in [-0.4, -0.2) is 30.9 Å². The Bertz CT molecular complexity index is 1230. The molecule has 0 saturated heterocycles. The van der Waals surface area contributed by atoms with Gasteiger partial charge in [0, 0.05) is 11.1 Å². The number of rotatable bonds is 7. The number of methoxy groups -OCH3 is 2. The summed E-state index contributed by atoms with van der Waals surface area (Å²) in [5.41, 5.74) is 2.65. The molecule has 0 bridgehead atoms. The highest BCUT2D eigenvalue weighted by atomic mass is 32.1. The Morgan fingerprint density at radius 3 is 2.12 bits per heavy atom. The first-order valence-corrected chi connectivity index (χ1v) is 10.8. The molecule has 32 heavy (non-hydrogen) atoms.